The molecule has 0 radical (unpaired) electrons. The van der Waals surface area contributed by atoms with Gasteiger partial charge in [-0.2, -0.15) is 0 Å². The van der Waals surface area contributed by atoms with Crippen LogP contribution >= 0.6 is 0 Å². The van der Waals surface area contributed by atoms with Crippen molar-refractivity contribution < 1.29 is 4.79 Å². The standard InChI is InChI=1S/C13H28N4O/c1-5-7-9-14-13(15-10-8-6-2)16-11-12(18)17(3)4/h5-11H2,1-4H3,(H2,14,15,16). The van der Waals surface area contributed by atoms with Crippen LogP contribution in [0.25, 0.3) is 0 Å². The number of unbranched alkanes of at least 4 members (excludes halogenated alkanes) is 2. The summed E-state index contributed by atoms with van der Waals surface area (Å²) in [4.78, 5) is 17.3. The lowest BCUT2D eigenvalue weighted by Crippen LogP contribution is -2.39. The first-order valence-electron chi connectivity index (χ1n) is 6.84. The zero-order chi connectivity index (χ0) is 13.8. The third-order valence-corrected chi connectivity index (χ3v) is 2.52. The highest BCUT2D eigenvalue weighted by Crippen LogP contribution is 1.87. The number of guanidine groups is 1. The molecule has 18 heavy (non-hydrogen) atoms. The van der Waals surface area contributed by atoms with Gasteiger partial charge in [0.05, 0.1) is 0 Å². The van der Waals surface area contributed by atoms with Crippen LogP contribution in [0.2, 0.25) is 0 Å². The molecule has 2 N–H and O–H groups in total. The molecule has 0 aromatic heterocycles. The molecule has 0 fully saturated rings. The van der Waals surface area contributed by atoms with Gasteiger partial charge in [0.25, 0.3) is 0 Å². The summed E-state index contributed by atoms with van der Waals surface area (Å²) in [6.07, 6.45) is 4.50. The SMILES string of the molecule is CCCCNC(=NCC(=O)N(C)C)NCCCC. The van der Waals surface area contributed by atoms with Gasteiger partial charge in [-0.05, 0) is 12.8 Å². The van der Waals surface area contributed by atoms with Gasteiger partial charge >= 0.3 is 0 Å². The fourth-order valence-electron chi connectivity index (χ4n) is 1.23. The van der Waals surface area contributed by atoms with Crippen LogP contribution in [-0.4, -0.2) is 50.5 Å². The fraction of sp³-hybridized carbons (Fsp3) is 0.846. The molecular weight excluding hydrogens is 228 g/mol. The molecule has 0 heterocycles. The van der Waals surface area contributed by atoms with Crippen LogP contribution in [0.4, 0.5) is 0 Å². The number of likely N-dealkylation sites (N-methyl/N-ethyl adjacent to an activating group) is 1. The maximum Gasteiger partial charge on any atom is 0.243 e. The van der Waals surface area contributed by atoms with E-state index in [-0.39, 0.29) is 12.5 Å². The van der Waals surface area contributed by atoms with E-state index in [4.69, 9.17) is 0 Å². The average Bonchev–Trinajstić information content (AvgIpc) is 2.35. The lowest BCUT2D eigenvalue weighted by atomic mass is 10.3. The molecule has 0 aromatic rings. The minimum atomic E-state index is 0.0158. The van der Waals surface area contributed by atoms with Crippen LogP contribution in [-0.2, 0) is 4.79 Å². The van der Waals surface area contributed by atoms with Crippen molar-refractivity contribution in [1.29, 1.82) is 0 Å². The van der Waals surface area contributed by atoms with Crippen LogP contribution in [0.5, 0.6) is 0 Å². The maximum atomic E-state index is 11.5. The lowest BCUT2D eigenvalue weighted by Gasteiger charge is -2.13. The molecule has 1 amide bonds. The van der Waals surface area contributed by atoms with E-state index < -0.39 is 0 Å². The first kappa shape index (κ1) is 16.7. The van der Waals surface area contributed by atoms with E-state index in [1.54, 1.807) is 19.0 Å². The summed E-state index contributed by atoms with van der Waals surface area (Å²) in [5.74, 6) is 0.759. The van der Waals surface area contributed by atoms with Crippen LogP contribution in [0, 0.1) is 0 Å². The molecule has 0 aliphatic rings. The summed E-state index contributed by atoms with van der Waals surface area (Å²) in [5.41, 5.74) is 0. The van der Waals surface area contributed by atoms with E-state index in [1.807, 2.05) is 0 Å². The number of rotatable bonds is 8. The van der Waals surface area contributed by atoms with Crippen molar-refractivity contribution in [2.45, 2.75) is 39.5 Å². The Morgan fingerprint density at radius 3 is 1.94 bits per heavy atom. The Labute approximate surface area is 111 Å². The maximum absolute atomic E-state index is 11.5. The van der Waals surface area contributed by atoms with Gasteiger partial charge in [0, 0.05) is 27.2 Å². The molecule has 0 aliphatic heterocycles. The molecular formula is C13H28N4O. The minimum Gasteiger partial charge on any atom is -0.356 e. The van der Waals surface area contributed by atoms with Crippen LogP contribution in [0.3, 0.4) is 0 Å². The second-order valence-corrected chi connectivity index (χ2v) is 4.51. The van der Waals surface area contributed by atoms with Gasteiger partial charge in [-0.1, -0.05) is 26.7 Å². The first-order valence-corrected chi connectivity index (χ1v) is 6.84. The van der Waals surface area contributed by atoms with E-state index in [1.165, 1.54) is 0 Å². The Bertz CT molecular complexity index is 239. The second-order valence-electron chi connectivity index (χ2n) is 4.51. The number of aliphatic imine (C=N–C) groups is 1. The largest absolute Gasteiger partial charge is 0.356 e. The summed E-state index contributed by atoms with van der Waals surface area (Å²) in [6.45, 7) is 6.28. The Kier molecular flexibility index (Phi) is 10.1. The third-order valence-electron chi connectivity index (χ3n) is 2.52. The van der Waals surface area contributed by atoms with Crippen molar-refractivity contribution in [3.8, 4) is 0 Å². The van der Waals surface area contributed by atoms with E-state index >= 15 is 0 Å². The highest BCUT2D eigenvalue weighted by atomic mass is 16.2. The molecule has 5 nitrogen and oxygen atoms in total. The van der Waals surface area contributed by atoms with E-state index in [0.717, 1.165) is 44.7 Å². The minimum absolute atomic E-state index is 0.0158. The van der Waals surface area contributed by atoms with Gasteiger partial charge in [0.1, 0.15) is 6.54 Å². The molecule has 0 saturated carbocycles. The van der Waals surface area contributed by atoms with Gasteiger partial charge in [-0.25, -0.2) is 4.99 Å². The summed E-state index contributed by atoms with van der Waals surface area (Å²) in [7, 11) is 3.49. The second kappa shape index (κ2) is 10.9. The molecule has 106 valence electrons. The van der Waals surface area contributed by atoms with Crippen LogP contribution in [0.1, 0.15) is 39.5 Å². The van der Waals surface area contributed by atoms with Crippen LogP contribution < -0.4 is 10.6 Å². The van der Waals surface area contributed by atoms with Gasteiger partial charge in [0.2, 0.25) is 5.91 Å². The number of hydrogen-bond acceptors (Lipinski definition) is 2. The summed E-state index contributed by atoms with van der Waals surface area (Å²) >= 11 is 0. The van der Waals surface area contributed by atoms with Crippen molar-refractivity contribution in [3.63, 3.8) is 0 Å². The smallest absolute Gasteiger partial charge is 0.243 e. The van der Waals surface area contributed by atoms with Crippen molar-refractivity contribution >= 4 is 11.9 Å². The Morgan fingerprint density at radius 1 is 1.06 bits per heavy atom. The van der Waals surface area contributed by atoms with Crippen molar-refractivity contribution in [1.82, 2.24) is 15.5 Å². The average molecular weight is 256 g/mol. The van der Waals surface area contributed by atoms with Crippen LogP contribution in [0.15, 0.2) is 4.99 Å². The Morgan fingerprint density at radius 2 is 1.56 bits per heavy atom. The topological polar surface area (TPSA) is 56.7 Å². The molecule has 0 atom stereocenters. The number of nitrogens with zero attached hydrogens (tertiary/aromatic N) is 2. The Balaban J connectivity index is 4.16. The fourth-order valence-corrected chi connectivity index (χ4v) is 1.23. The van der Waals surface area contributed by atoms with E-state index in [9.17, 15) is 4.79 Å². The van der Waals surface area contributed by atoms with Gasteiger partial charge in [-0.3, -0.25) is 4.79 Å². The normalized spacial score (nSPS) is 9.78. The molecule has 0 aromatic carbocycles. The number of carbonyl (C=O) groups is 1. The molecule has 0 rings (SSSR count). The van der Waals surface area contributed by atoms with E-state index in [0.29, 0.717) is 0 Å². The molecule has 0 bridgehead atoms. The van der Waals surface area contributed by atoms with Crippen molar-refractivity contribution in [2.75, 3.05) is 33.7 Å². The van der Waals surface area contributed by atoms with Gasteiger partial charge < -0.3 is 15.5 Å². The monoisotopic (exact) mass is 256 g/mol. The van der Waals surface area contributed by atoms with Gasteiger partial charge in [-0.15, -0.1) is 0 Å². The molecule has 0 saturated heterocycles. The first-order chi connectivity index (χ1) is 8.61. The van der Waals surface area contributed by atoms with E-state index in [2.05, 4.69) is 29.5 Å². The lowest BCUT2D eigenvalue weighted by molar-refractivity contribution is -0.127. The van der Waals surface area contributed by atoms with Crippen molar-refractivity contribution in [2.24, 2.45) is 4.99 Å². The molecule has 0 unspecified atom stereocenters. The third kappa shape index (κ3) is 8.84. The quantitative estimate of drug-likeness (QED) is 0.390. The summed E-state index contributed by atoms with van der Waals surface area (Å²) in [6, 6.07) is 0. The molecule has 0 aliphatic carbocycles. The predicted octanol–water partition coefficient (Wildman–Crippen LogP) is 1.21. The molecule has 0 spiro atoms. The number of amides is 1. The zero-order valence-corrected chi connectivity index (χ0v) is 12.3. The number of nitrogens with one attached hydrogen (secondary N) is 2. The number of hydrogen-bond donors (Lipinski definition) is 2. The predicted molar refractivity (Wildman–Crippen MR) is 76.8 cm³/mol. The van der Waals surface area contributed by atoms with Crippen molar-refractivity contribution in [3.05, 3.63) is 0 Å². The van der Waals surface area contributed by atoms with Gasteiger partial charge in [0.15, 0.2) is 5.96 Å². The molecule has 5 heteroatoms. The highest BCUT2D eigenvalue weighted by molar-refractivity contribution is 5.84. The zero-order valence-electron chi connectivity index (χ0n) is 12.3. The Hall–Kier alpha value is -1.26. The summed E-state index contributed by atoms with van der Waals surface area (Å²) in [5, 5.41) is 6.48. The highest BCUT2D eigenvalue weighted by Gasteiger charge is 2.03. The summed E-state index contributed by atoms with van der Waals surface area (Å²) < 4.78 is 0. The number of carbonyl (C=O) groups excluding carboxylic acids is 1.